The highest BCUT2D eigenvalue weighted by molar-refractivity contribution is 5.75. The van der Waals surface area contributed by atoms with Crippen LogP contribution in [0.2, 0.25) is 0 Å². The predicted molar refractivity (Wildman–Crippen MR) is 73.0 cm³/mol. The molecular formula is C14H24N2O. The molecule has 3 nitrogen and oxygen atoms in total. The van der Waals surface area contributed by atoms with Crippen molar-refractivity contribution in [3.8, 4) is 0 Å². The maximum absolute atomic E-state index is 10.3. The molecule has 0 bridgehead atoms. The van der Waals surface area contributed by atoms with Gasteiger partial charge in [-0.1, -0.05) is 17.2 Å². The molecule has 0 amide bonds. The van der Waals surface area contributed by atoms with Crippen LogP contribution in [0.4, 0.5) is 0 Å². The number of hydrogen-bond donors (Lipinski definition) is 1. The molecule has 0 fully saturated rings. The van der Waals surface area contributed by atoms with Gasteiger partial charge in [0.2, 0.25) is 0 Å². The number of rotatable bonds is 1. The number of benzene rings is 1. The number of nitrogens with two attached hydrogens (primary N) is 1. The fourth-order valence-electron chi connectivity index (χ4n) is 1.08. The number of hydrazine groups is 1. The van der Waals surface area contributed by atoms with Crippen LogP contribution in [-0.4, -0.2) is 23.9 Å². The standard InChI is InChI=1S/C9H10O.C5H14N2/c1-7-3-8(2)5-9(4-7)6-10;1-5(2,3)7(4)6/h3-6H,1-2H3;6H2,1-4H3. The average Bonchev–Trinajstić information content (AvgIpc) is 2.15. The molecule has 96 valence electrons. The number of hydrogen-bond acceptors (Lipinski definition) is 3. The van der Waals surface area contributed by atoms with Crippen molar-refractivity contribution in [3.63, 3.8) is 0 Å². The average molecular weight is 236 g/mol. The molecule has 0 radical (unpaired) electrons. The van der Waals surface area contributed by atoms with Crippen molar-refractivity contribution in [1.82, 2.24) is 5.01 Å². The van der Waals surface area contributed by atoms with E-state index in [-0.39, 0.29) is 5.54 Å². The first-order valence-electron chi connectivity index (χ1n) is 5.69. The Morgan fingerprint density at radius 2 is 1.47 bits per heavy atom. The van der Waals surface area contributed by atoms with Gasteiger partial charge in [0.15, 0.2) is 0 Å². The lowest BCUT2D eigenvalue weighted by Gasteiger charge is -2.26. The van der Waals surface area contributed by atoms with Crippen LogP contribution in [0.3, 0.4) is 0 Å². The van der Waals surface area contributed by atoms with Gasteiger partial charge in [-0.05, 0) is 46.8 Å². The maximum Gasteiger partial charge on any atom is 0.150 e. The highest BCUT2D eigenvalue weighted by Gasteiger charge is 2.11. The predicted octanol–water partition coefficient (Wildman–Crippen LogP) is 2.71. The van der Waals surface area contributed by atoms with Gasteiger partial charge >= 0.3 is 0 Å². The first kappa shape index (κ1) is 15.8. The van der Waals surface area contributed by atoms with Gasteiger partial charge in [0.25, 0.3) is 0 Å². The van der Waals surface area contributed by atoms with Gasteiger partial charge in [-0.15, -0.1) is 0 Å². The van der Waals surface area contributed by atoms with Crippen LogP contribution < -0.4 is 5.84 Å². The second-order valence-corrected chi connectivity index (χ2v) is 5.32. The lowest BCUT2D eigenvalue weighted by atomic mass is 10.1. The van der Waals surface area contributed by atoms with Crippen molar-refractivity contribution in [2.24, 2.45) is 5.84 Å². The van der Waals surface area contributed by atoms with Gasteiger partial charge in [0.05, 0.1) is 0 Å². The van der Waals surface area contributed by atoms with Crippen LogP contribution in [0.15, 0.2) is 18.2 Å². The minimum Gasteiger partial charge on any atom is -0.298 e. The molecule has 0 spiro atoms. The molecule has 1 aromatic rings. The second kappa shape index (κ2) is 6.52. The Morgan fingerprint density at radius 1 is 1.12 bits per heavy atom. The molecule has 0 aromatic heterocycles. The highest BCUT2D eigenvalue weighted by atomic mass is 16.1. The van der Waals surface area contributed by atoms with Crippen LogP contribution >= 0.6 is 0 Å². The van der Waals surface area contributed by atoms with E-state index in [1.807, 2.05) is 39.1 Å². The third kappa shape index (κ3) is 6.87. The Morgan fingerprint density at radius 3 is 1.71 bits per heavy atom. The van der Waals surface area contributed by atoms with Crippen molar-refractivity contribution in [2.75, 3.05) is 7.05 Å². The van der Waals surface area contributed by atoms with E-state index in [0.29, 0.717) is 0 Å². The molecule has 1 aromatic carbocycles. The summed E-state index contributed by atoms with van der Waals surface area (Å²) in [5.41, 5.74) is 3.15. The van der Waals surface area contributed by atoms with Crippen LogP contribution in [0.1, 0.15) is 42.3 Å². The maximum atomic E-state index is 10.3. The SMILES string of the molecule is CN(N)C(C)(C)C.Cc1cc(C)cc(C=O)c1. The number of carbonyl (C=O) groups excluding carboxylic acids is 1. The first-order valence-corrected chi connectivity index (χ1v) is 5.69. The van der Waals surface area contributed by atoms with Crippen LogP contribution in [0.25, 0.3) is 0 Å². The summed E-state index contributed by atoms with van der Waals surface area (Å²) in [6.07, 6.45) is 0.875. The topological polar surface area (TPSA) is 46.3 Å². The van der Waals surface area contributed by atoms with Gasteiger partial charge in [0.1, 0.15) is 6.29 Å². The van der Waals surface area contributed by atoms with Crippen molar-refractivity contribution in [2.45, 2.75) is 40.2 Å². The zero-order valence-corrected chi connectivity index (χ0v) is 11.7. The van der Waals surface area contributed by atoms with Gasteiger partial charge < -0.3 is 0 Å². The number of carbonyl (C=O) groups is 1. The van der Waals surface area contributed by atoms with Crippen molar-refractivity contribution < 1.29 is 4.79 Å². The number of nitrogens with zero attached hydrogens (tertiary/aromatic N) is 1. The largest absolute Gasteiger partial charge is 0.298 e. The molecule has 3 heteroatoms. The zero-order valence-electron chi connectivity index (χ0n) is 11.7. The van der Waals surface area contributed by atoms with Crippen LogP contribution in [0.5, 0.6) is 0 Å². The third-order valence-corrected chi connectivity index (χ3v) is 2.44. The van der Waals surface area contributed by atoms with Crippen molar-refractivity contribution in [3.05, 3.63) is 34.9 Å². The zero-order chi connectivity index (χ0) is 13.6. The van der Waals surface area contributed by atoms with E-state index in [0.717, 1.165) is 23.0 Å². The van der Waals surface area contributed by atoms with Gasteiger partial charge in [-0.25, -0.2) is 5.01 Å². The fourth-order valence-corrected chi connectivity index (χ4v) is 1.08. The van der Waals surface area contributed by atoms with Crippen molar-refractivity contribution >= 4 is 6.29 Å². The van der Waals surface area contributed by atoms with Crippen molar-refractivity contribution in [1.29, 1.82) is 0 Å². The summed E-state index contributed by atoms with van der Waals surface area (Å²) in [5.74, 6) is 5.40. The van der Waals surface area contributed by atoms with E-state index in [1.165, 1.54) is 0 Å². The summed E-state index contributed by atoms with van der Waals surface area (Å²) in [6.45, 7) is 10.2. The second-order valence-electron chi connectivity index (χ2n) is 5.32. The third-order valence-electron chi connectivity index (χ3n) is 2.44. The molecule has 0 aliphatic heterocycles. The Hall–Kier alpha value is -1.19. The molecular weight excluding hydrogens is 212 g/mol. The van der Waals surface area contributed by atoms with E-state index in [1.54, 1.807) is 5.01 Å². The molecule has 0 aliphatic rings. The molecule has 0 saturated heterocycles. The molecule has 0 heterocycles. The van der Waals surface area contributed by atoms with Gasteiger partial charge in [-0.2, -0.15) is 0 Å². The Bertz CT molecular complexity index is 345. The number of aryl methyl sites for hydroxylation is 2. The summed E-state index contributed by atoms with van der Waals surface area (Å²) in [5, 5.41) is 1.69. The monoisotopic (exact) mass is 236 g/mol. The first-order chi connectivity index (χ1) is 7.66. The van der Waals surface area contributed by atoms with Crippen LogP contribution in [0, 0.1) is 13.8 Å². The summed E-state index contributed by atoms with van der Waals surface area (Å²) in [7, 11) is 1.86. The van der Waals surface area contributed by atoms with E-state index < -0.39 is 0 Å². The molecule has 0 unspecified atom stereocenters. The normalized spacial score (nSPS) is 10.8. The summed E-state index contributed by atoms with van der Waals surface area (Å²) in [6, 6.07) is 5.80. The lowest BCUT2D eigenvalue weighted by molar-refractivity contribution is 0.112. The molecule has 0 aliphatic carbocycles. The molecule has 0 saturated carbocycles. The van der Waals surface area contributed by atoms with E-state index >= 15 is 0 Å². The highest BCUT2D eigenvalue weighted by Crippen LogP contribution is 2.06. The van der Waals surface area contributed by atoms with Gasteiger partial charge in [0, 0.05) is 18.2 Å². The van der Waals surface area contributed by atoms with E-state index in [9.17, 15) is 4.79 Å². The van der Waals surface area contributed by atoms with Crippen LogP contribution in [-0.2, 0) is 0 Å². The van der Waals surface area contributed by atoms with E-state index in [4.69, 9.17) is 5.84 Å². The Balaban J connectivity index is 0.000000325. The summed E-state index contributed by atoms with van der Waals surface area (Å²) < 4.78 is 0. The number of aldehydes is 1. The quantitative estimate of drug-likeness (QED) is 0.463. The summed E-state index contributed by atoms with van der Waals surface area (Å²) >= 11 is 0. The minimum atomic E-state index is 0.111. The minimum absolute atomic E-state index is 0.111. The summed E-state index contributed by atoms with van der Waals surface area (Å²) in [4.78, 5) is 10.3. The lowest BCUT2D eigenvalue weighted by Crippen LogP contribution is -2.43. The van der Waals surface area contributed by atoms with E-state index in [2.05, 4.69) is 20.8 Å². The molecule has 1 rings (SSSR count). The molecule has 17 heavy (non-hydrogen) atoms. The Labute approximate surface area is 105 Å². The van der Waals surface area contributed by atoms with Gasteiger partial charge in [-0.3, -0.25) is 10.6 Å². The fraction of sp³-hybridized carbons (Fsp3) is 0.500. The Kier molecular flexibility index (Phi) is 6.07. The molecule has 2 N–H and O–H groups in total. The molecule has 0 atom stereocenters. The smallest absolute Gasteiger partial charge is 0.150 e.